The van der Waals surface area contributed by atoms with E-state index >= 15 is 0 Å². The van der Waals surface area contributed by atoms with Gasteiger partial charge < -0.3 is 9.64 Å². The molecule has 1 aliphatic carbocycles. The van der Waals surface area contributed by atoms with Crippen LogP contribution < -0.4 is 0 Å². The second-order valence-electron chi connectivity index (χ2n) is 8.62. The number of rotatable bonds is 4. The monoisotopic (exact) mass is 367 g/mol. The van der Waals surface area contributed by atoms with Gasteiger partial charge in [-0.1, -0.05) is 12.1 Å². The van der Waals surface area contributed by atoms with Crippen molar-refractivity contribution in [2.75, 3.05) is 19.6 Å². The Labute approximate surface area is 161 Å². The van der Waals surface area contributed by atoms with Crippen molar-refractivity contribution in [3.63, 3.8) is 0 Å². The molecule has 0 bridgehead atoms. The highest BCUT2D eigenvalue weighted by Gasteiger charge is 2.58. The van der Waals surface area contributed by atoms with Crippen LogP contribution in [0.5, 0.6) is 0 Å². The lowest BCUT2D eigenvalue weighted by Gasteiger charge is -2.45. The van der Waals surface area contributed by atoms with Crippen LogP contribution in [0.3, 0.4) is 0 Å². The van der Waals surface area contributed by atoms with Crippen LogP contribution in [0.1, 0.15) is 50.7 Å². The number of likely N-dealkylation sites (tertiary alicyclic amines) is 1. The highest BCUT2D eigenvalue weighted by Crippen LogP contribution is 2.47. The summed E-state index contributed by atoms with van der Waals surface area (Å²) in [6.07, 6.45) is 4.21. The van der Waals surface area contributed by atoms with E-state index in [2.05, 4.69) is 36.9 Å². The topological polar surface area (TPSA) is 56.6 Å². The van der Waals surface area contributed by atoms with E-state index in [9.17, 15) is 4.79 Å². The Balaban J connectivity index is 1.33. The van der Waals surface area contributed by atoms with Crippen molar-refractivity contribution in [3.8, 4) is 6.07 Å². The molecule has 144 valence electrons. The summed E-state index contributed by atoms with van der Waals surface area (Å²) in [4.78, 5) is 17.2. The fourth-order valence-electron chi connectivity index (χ4n) is 4.48. The number of nitriles is 1. The van der Waals surface area contributed by atoms with Gasteiger partial charge in [0.25, 0.3) is 5.91 Å². The third-order valence-electron chi connectivity index (χ3n) is 6.38. The maximum atomic E-state index is 12.7. The summed E-state index contributed by atoms with van der Waals surface area (Å²) in [5.74, 6) is 0.751. The number of morpholine rings is 1. The van der Waals surface area contributed by atoms with E-state index in [1.54, 1.807) is 0 Å². The van der Waals surface area contributed by atoms with Crippen LogP contribution in [0.2, 0.25) is 0 Å². The van der Waals surface area contributed by atoms with Crippen molar-refractivity contribution in [1.82, 2.24) is 9.80 Å². The quantitative estimate of drug-likeness (QED) is 0.821. The van der Waals surface area contributed by atoms with E-state index in [4.69, 9.17) is 10.00 Å². The normalized spacial score (nSPS) is 25.8. The van der Waals surface area contributed by atoms with Gasteiger partial charge in [-0.25, -0.2) is 0 Å². The summed E-state index contributed by atoms with van der Waals surface area (Å²) in [6, 6.07) is 10.3. The van der Waals surface area contributed by atoms with Crippen molar-refractivity contribution in [1.29, 1.82) is 5.26 Å². The maximum Gasteiger partial charge on any atom is 0.255 e. The number of nitrogens with zero attached hydrogens (tertiary/aromatic N) is 3. The molecule has 1 amide bonds. The molecule has 5 nitrogen and oxygen atoms in total. The summed E-state index contributed by atoms with van der Waals surface area (Å²) in [5, 5.41) is 8.92. The fourth-order valence-corrected chi connectivity index (χ4v) is 4.48. The van der Waals surface area contributed by atoms with Gasteiger partial charge in [-0.15, -0.1) is 0 Å². The SMILES string of the molecule is CC(C)N1CC(C2CCN(Cc3ccc(C#N)cc3)CC2)OC2(CC2)C1=O. The van der Waals surface area contributed by atoms with E-state index in [-0.39, 0.29) is 18.1 Å². The summed E-state index contributed by atoms with van der Waals surface area (Å²) in [6.45, 7) is 8.02. The first-order valence-electron chi connectivity index (χ1n) is 10.2. The van der Waals surface area contributed by atoms with Crippen LogP contribution in [0.15, 0.2) is 24.3 Å². The molecule has 1 saturated carbocycles. The number of ether oxygens (including phenoxy) is 1. The Morgan fingerprint density at radius 3 is 2.44 bits per heavy atom. The number of benzene rings is 1. The van der Waals surface area contributed by atoms with Gasteiger partial charge in [-0.2, -0.15) is 5.26 Å². The smallest absolute Gasteiger partial charge is 0.255 e. The third-order valence-corrected chi connectivity index (χ3v) is 6.38. The van der Waals surface area contributed by atoms with E-state index in [0.29, 0.717) is 11.5 Å². The lowest BCUT2D eigenvalue weighted by atomic mass is 9.89. The van der Waals surface area contributed by atoms with Crippen molar-refractivity contribution >= 4 is 5.91 Å². The largest absolute Gasteiger partial charge is 0.360 e. The molecule has 1 unspecified atom stereocenters. The zero-order chi connectivity index (χ0) is 19.0. The Kier molecular flexibility index (Phi) is 4.96. The van der Waals surface area contributed by atoms with Crippen LogP contribution in [-0.2, 0) is 16.1 Å². The second kappa shape index (κ2) is 7.26. The van der Waals surface area contributed by atoms with Crippen molar-refractivity contribution in [2.45, 2.75) is 63.8 Å². The molecule has 1 aromatic carbocycles. The molecule has 3 aliphatic rings. The first-order chi connectivity index (χ1) is 13.0. The first kappa shape index (κ1) is 18.5. The Hall–Kier alpha value is -1.90. The van der Waals surface area contributed by atoms with Gasteiger partial charge in [0.15, 0.2) is 0 Å². The zero-order valence-corrected chi connectivity index (χ0v) is 16.4. The molecule has 2 saturated heterocycles. The summed E-state index contributed by atoms with van der Waals surface area (Å²) in [5.41, 5.74) is 1.49. The molecule has 0 aromatic heterocycles. The van der Waals surface area contributed by atoms with Crippen LogP contribution >= 0.6 is 0 Å². The number of carbonyl (C=O) groups is 1. The molecule has 2 aliphatic heterocycles. The second-order valence-corrected chi connectivity index (χ2v) is 8.62. The van der Waals surface area contributed by atoms with E-state index in [1.807, 2.05) is 17.0 Å². The highest BCUT2D eigenvalue weighted by molar-refractivity contribution is 5.89. The van der Waals surface area contributed by atoms with E-state index < -0.39 is 5.60 Å². The van der Waals surface area contributed by atoms with Gasteiger partial charge in [-0.05, 0) is 76.2 Å². The van der Waals surface area contributed by atoms with Gasteiger partial charge in [0, 0.05) is 19.1 Å². The maximum absolute atomic E-state index is 12.7. The van der Waals surface area contributed by atoms with E-state index in [0.717, 1.165) is 51.9 Å². The Morgan fingerprint density at radius 1 is 1.22 bits per heavy atom. The van der Waals surface area contributed by atoms with Gasteiger partial charge in [0.2, 0.25) is 0 Å². The van der Waals surface area contributed by atoms with Gasteiger partial charge in [0.1, 0.15) is 5.60 Å². The molecule has 4 rings (SSSR count). The average molecular weight is 367 g/mol. The Morgan fingerprint density at radius 2 is 1.89 bits per heavy atom. The van der Waals surface area contributed by atoms with E-state index in [1.165, 1.54) is 5.56 Å². The molecule has 0 radical (unpaired) electrons. The minimum atomic E-state index is -0.479. The van der Waals surface area contributed by atoms with Gasteiger partial charge in [-0.3, -0.25) is 9.69 Å². The molecule has 1 spiro atoms. The third kappa shape index (κ3) is 3.74. The highest BCUT2D eigenvalue weighted by atomic mass is 16.5. The lowest BCUT2D eigenvalue weighted by molar-refractivity contribution is -0.177. The van der Waals surface area contributed by atoms with Gasteiger partial charge >= 0.3 is 0 Å². The molecule has 5 heteroatoms. The number of hydrogen-bond acceptors (Lipinski definition) is 4. The number of carbonyl (C=O) groups excluding carboxylic acids is 1. The standard InChI is InChI=1S/C22H29N3O2/c1-16(2)25-15-20(27-22(9-10-22)21(25)26)19-7-11-24(12-8-19)14-18-5-3-17(13-23)4-6-18/h3-6,16,19-20H,7-12,14-15H2,1-2H3. The predicted molar refractivity (Wildman–Crippen MR) is 103 cm³/mol. The van der Waals surface area contributed by atoms with Crippen molar-refractivity contribution in [2.24, 2.45) is 5.92 Å². The number of hydrogen-bond donors (Lipinski definition) is 0. The minimum Gasteiger partial charge on any atom is -0.360 e. The van der Waals surface area contributed by atoms with Crippen molar-refractivity contribution in [3.05, 3.63) is 35.4 Å². The molecule has 1 aromatic rings. The van der Waals surface area contributed by atoms with Gasteiger partial charge in [0.05, 0.1) is 17.7 Å². The molecule has 2 heterocycles. The lowest BCUT2D eigenvalue weighted by Crippen LogP contribution is -2.58. The van der Waals surface area contributed by atoms with Crippen LogP contribution in [0, 0.1) is 17.2 Å². The number of amides is 1. The molecular formula is C22H29N3O2. The average Bonchev–Trinajstić information content (AvgIpc) is 3.45. The summed E-state index contributed by atoms with van der Waals surface area (Å²) >= 11 is 0. The zero-order valence-electron chi connectivity index (χ0n) is 16.4. The summed E-state index contributed by atoms with van der Waals surface area (Å²) < 4.78 is 6.36. The van der Waals surface area contributed by atoms with Crippen LogP contribution in [-0.4, -0.2) is 53.1 Å². The van der Waals surface area contributed by atoms with Crippen LogP contribution in [0.4, 0.5) is 0 Å². The van der Waals surface area contributed by atoms with Crippen LogP contribution in [0.25, 0.3) is 0 Å². The predicted octanol–water partition coefficient (Wildman–Crippen LogP) is 2.94. The Bertz CT molecular complexity index is 725. The molecule has 3 fully saturated rings. The molecular weight excluding hydrogens is 338 g/mol. The number of piperidine rings is 1. The molecule has 0 N–H and O–H groups in total. The molecule has 1 atom stereocenters. The molecule has 27 heavy (non-hydrogen) atoms. The van der Waals surface area contributed by atoms with Crippen molar-refractivity contribution < 1.29 is 9.53 Å². The minimum absolute atomic E-state index is 0.185. The summed E-state index contributed by atoms with van der Waals surface area (Å²) in [7, 11) is 0. The fraction of sp³-hybridized carbons (Fsp3) is 0.636. The first-order valence-corrected chi connectivity index (χ1v) is 10.2.